The molecule has 1 aliphatic heterocycles. The molecule has 0 aliphatic carbocycles. The highest BCUT2D eigenvalue weighted by molar-refractivity contribution is 5.87. The van der Waals surface area contributed by atoms with Gasteiger partial charge in [0, 0.05) is 25.7 Å². The van der Waals surface area contributed by atoms with Crippen molar-refractivity contribution in [2.24, 2.45) is 0 Å². The number of carboxylic acid groups (broad SMARTS) is 2. The van der Waals surface area contributed by atoms with Crippen molar-refractivity contribution in [3.05, 3.63) is 35.5 Å². The summed E-state index contributed by atoms with van der Waals surface area (Å²) in [6.07, 6.45) is -3.78. The maximum atomic E-state index is 11.4. The highest BCUT2D eigenvalue weighted by Gasteiger charge is 2.36. The van der Waals surface area contributed by atoms with Crippen LogP contribution in [0, 0.1) is 0 Å². The third-order valence-electron chi connectivity index (χ3n) is 3.18. The van der Waals surface area contributed by atoms with E-state index in [9.17, 15) is 19.8 Å². The van der Waals surface area contributed by atoms with Gasteiger partial charge in [-0.3, -0.25) is 4.90 Å². The van der Waals surface area contributed by atoms with Gasteiger partial charge in [0.1, 0.15) is 6.04 Å². The minimum atomic E-state index is -2.32. The zero-order chi connectivity index (χ0) is 15.4. The summed E-state index contributed by atoms with van der Waals surface area (Å²) in [6.45, 7) is -0.185. The minimum Gasteiger partial charge on any atom is -0.480 e. The number of H-pyrrole nitrogens is 1. The van der Waals surface area contributed by atoms with E-state index in [4.69, 9.17) is 2.74 Å². The Bertz CT molecular complexity index is 756. The largest absolute Gasteiger partial charge is 0.480 e. The van der Waals surface area contributed by atoms with Crippen molar-refractivity contribution in [3.8, 4) is 0 Å². The molecule has 6 nitrogen and oxygen atoms in total. The van der Waals surface area contributed by atoms with E-state index >= 15 is 0 Å². The molecule has 3 rings (SSSR count). The summed E-state index contributed by atoms with van der Waals surface area (Å²) in [6, 6.07) is 5.15. The van der Waals surface area contributed by atoms with Gasteiger partial charge in [0.15, 0.2) is 0 Å². The van der Waals surface area contributed by atoms with Gasteiger partial charge in [-0.1, -0.05) is 18.2 Å². The molecule has 0 saturated heterocycles. The highest BCUT2D eigenvalue weighted by atomic mass is 16.4. The summed E-state index contributed by atoms with van der Waals surface area (Å²) < 4.78 is 16.4. The lowest BCUT2D eigenvalue weighted by Gasteiger charge is -2.30. The molecule has 1 amide bonds. The number of hydrogen-bond acceptors (Lipinski definition) is 2. The van der Waals surface area contributed by atoms with Crippen molar-refractivity contribution in [2.45, 2.75) is 19.0 Å². The minimum absolute atomic E-state index is 0.185. The fourth-order valence-corrected chi connectivity index (χ4v) is 2.33. The molecule has 0 saturated carbocycles. The van der Waals surface area contributed by atoms with Crippen LogP contribution < -0.4 is 0 Å². The zero-order valence-electron chi connectivity index (χ0n) is 11.8. The molecule has 1 aromatic heterocycles. The lowest BCUT2D eigenvalue weighted by atomic mass is 9.97. The molecule has 0 spiro atoms. The molecule has 19 heavy (non-hydrogen) atoms. The summed E-state index contributed by atoms with van der Waals surface area (Å²) in [5.74, 6) is -1.50. The van der Waals surface area contributed by atoms with Crippen LogP contribution in [0.3, 0.4) is 0 Å². The van der Waals surface area contributed by atoms with Crippen LogP contribution in [0.4, 0.5) is 4.79 Å². The van der Waals surface area contributed by atoms with Crippen LogP contribution in [0.15, 0.2) is 24.3 Å². The van der Waals surface area contributed by atoms with Crippen molar-refractivity contribution >= 4 is 23.0 Å². The van der Waals surface area contributed by atoms with E-state index in [0.717, 1.165) is 0 Å². The van der Waals surface area contributed by atoms with Crippen LogP contribution in [-0.2, 0) is 17.7 Å². The van der Waals surface area contributed by atoms with Gasteiger partial charge in [0.2, 0.25) is 0 Å². The predicted octanol–water partition coefficient (Wildman–Crippen LogP) is 1.66. The molecule has 0 radical (unpaired) electrons. The van der Waals surface area contributed by atoms with E-state index in [1.807, 2.05) is 0 Å². The Morgan fingerprint density at radius 3 is 2.79 bits per heavy atom. The number of aromatic nitrogens is 1. The highest BCUT2D eigenvalue weighted by Crippen LogP contribution is 2.30. The van der Waals surface area contributed by atoms with E-state index in [-0.39, 0.29) is 12.1 Å². The van der Waals surface area contributed by atoms with Crippen LogP contribution in [0.1, 0.15) is 14.0 Å². The quantitative estimate of drug-likeness (QED) is 0.728. The SMILES string of the molecule is [2H]C1([2H])c2c([nH]c3ccccc23)CN(C(=O)O)C1C(=O)O. The Balaban J connectivity index is 2.29. The molecular formula is C13H12N2O4. The number of benzene rings is 1. The number of hydrogen-bond donors (Lipinski definition) is 3. The van der Waals surface area contributed by atoms with Gasteiger partial charge >= 0.3 is 12.1 Å². The Morgan fingerprint density at radius 1 is 1.37 bits per heavy atom. The lowest BCUT2D eigenvalue weighted by Crippen LogP contribution is -2.48. The summed E-state index contributed by atoms with van der Waals surface area (Å²) in [7, 11) is 0. The third-order valence-corrected chi connectivity index (χ3v) is 3.18. The fourth-order valence-electron chi connectivity index (χ4n) is 2.33. The first-order chi connectivity index (χ1) is 9.84. The maximum Gasteiger partial charge on any atom is 0.408 e. The fraction of sp³-hybridized carbons (Fsp3) is 0.231. The second-order valence-corrected chi connectivity index (χ2v) is 4.32. The standard InChI is InChI=1S/C13H12N2O4/c16-12(17)11-5-8-7-3-1-2-4-9(7)14-10(8)6-15(11)13(18)19/h1-4,11,14H,5-6H2,(H,16,17)(H,18,19)/i5D2. The number of nitrogens with one attached hydrogen (secondary N) is 1. The molecular weight excluding hydrogens is 248 g/mol. The van der Waals surface area contributed by atoms with E-state index in [2.05, 4.69) is 4.98 Å². The molecule has 1 unspecified atom stereocenters. The van der Waals surface area contributed by atoms with Crippen molar-refractivity contribution in [1.82, 2.24) is 9.88 Å². The van der Waals surface area contributed by atoms with Crippen LogP contribution in [0.5, 0.6) is 0 Å². The smallest absolute Gasteiger partial charge is 0.408 e. The van der Waals surface area contributed by atoms with Gasteiger partial charge in [-0.25, -0.2) is 9.59 Å². The van der Waals surface area contributed by atoms with Gasteiger partial charge < -0.3 is 15.2 Å². The van der Waals surface area contributed by atoms with Crippen molar-refractivity contribution in [3.63, 3.8) is 0 Å². The van der Waals surface area contributed by atoms with Crippen molar-refractivity contribution in [2.75, 3.05) is 0 Å². The monoisotopic (exact) mass is 262 g/mol. The van der Waals surface area contributed by atoms with E-state index < -0.39 is 24.5 Å². The number of amides is 1. The van der Waals surface area contributed by atoms with E-state index in [1.165, 1.54) is 0 Å². The lowest BCUT2D eigenvalue weighted by molar-refractivity contribution is -0.143. The molecule has 6 heteroatoms. The predicted molar refractivity (Wildman–Crippen MR) is 67.0 cm³/mol. The number of para-hydroxylation sites is 1. The van der Waals surface area contributed by atoms with Gasteiger partial charge in [0.05, 0.1) is 6.54 Å². The van der Waals surface area contributed by atoms with Gasteiger partial charge in [-0.15, -0.1) is 0 Å². The molecule has 0 bridgehead atoms. The zero-order valence-corrected chi connectivity index (χ0v) is 9.75. The normalized spacial score (nSPS) is 22.5. The second-order valence-electron chi connectivity index (χ2n) is 4.32. The van der Waals surface area contributed by atoms with E-state index in [0.29, 0.717) is 21.5 Å². The second kappa shape index (κ2) is 4.01. The van der Waals surface area contributed by atoms with Crippen LogP contribution >= 0.6 is 0 Å². The summed E-state index contributed by atoms with van der Waals surface area (Å²) >= 11 is 0. The van der Waals surface area contributed by atoms with Crippen molar-refractivity contribution < 1.29 is 22.5 Å². The van der Waals surface area contributed by atoms with Crippen LogP contribution in [0.2, 0.25) is 0 Å². The number of nitrogens with zero attached hydrogens (tertiary/aromatic N) is 1. The molecule has 1 aliphatic rings. The molecule has 0 fully saturated rings. The molecule has 1 atom stereocenters. The number of rotatable bonds is 1. The number of carbonyl (C=O) groups is 2. The van der Waals surface area contributed by atoms with Gasteiger partial charge in [-0.05, 0) is 11.6 Å². The van der Waals surface area contributed by atoms with Crippen LogP contribution in [0.25, 0.3) is 10.9 Å². The molecule has 2 aromatic rings. The topological polar surface area (TPSA) is 93.6 Å². The molecule has 98 valence electrons. The number of aliphatic carboxylic acids is 1. The summed E-state index contributed by atoms with van der Waals surface area (Å²) in [5, 5.41) is 19.0. The number of carboxylic acids is 1. The first-order valence-electron chi connectivity index (χ1n) is 6.66. The Morgan fingerprint density at radius 2 is 2.11 bits per heavy atom. The Kier molecular flexibility index (Phi) is 1.99. The maximum absolute atomic E-state index is 11.4. The Hall–Kier alpha value is -2.50. The average molecular weight is 262 g/mol. The van der Waals surface area contributed by atoms with Crippen LogP contribution in [-0.4, -0.2) is 38.2 Å². The van der Waals surface area contributed by atoms with Crippen molar-refractivity contribution in [1.29, 1.82) is 0 Å². The molecule has 2 heterocycles. The van der Waals surface area contributed by atoms with Gasteiger partial charge in [0.25, 0.3) is 0 Å². The first kappa shape index (κ1) is 9.43. The summed E-state index contributed by atoms with van der Waals surface area (Å²) in [5.41, 5.74) is 1.27. The van der Waals surface area contributed by atoms with Gasteiger partial charge in [-0.2, -0.15) is 0 Å². The summed E-state index contributed by atoms with van der Waals surface area (Å²) in [4.78, 5) is 26.3. The molecule has 1 aromatic carbocycles. The third kappa shape index (κ3) is 1.72. The van der Waals surface area contributed by atoms with E-state index in [1.54, 1.807) is 24.3 Å². The average Bonchev–Trinajstić information content (AvgIpc) is 2.75. The Labute approximate surface area is 111 Å². The number of fused-ring (bicyclic) bond motifs is 3. The number of aromatic amines is 1. The molecule has 3 N–H and O–H groups in total. The first-order valence-corrected chi connectivity index (χ1v) is 5.66.